The molecule has 1 amide bonds. The Hall–Kier alpha value is -2.01. The molecule has 1 N–H and O–H groups in total. The fraction of sp³-hybridized carbons (Fsp3) is 0.455. The number of halogens is 1. The van der Waals surface area contributed by atoms with Crippen molar-refractivity contribution in [3.63, 3.8) is 0 Å². The molecule has 0 atom stereocenters. The minimum absolute atomic E-state index is 0. The van der Waals surface area contributed by atoms with Gasteiger partial charge in [0.25, 0.3) is 0 Å². The van der Waals surface area contributed by atoms with E-state index in [1.165, 1.54) is 21.6 Å². The van der Waals surface area contributed by atoms with Crippen molar-refractivity contribution in [1.29, 1.82) is 0 Å². The molecule has 0 saturated heterocycles. The Kier molecular flexibility index (Phi) is 8.04. The van der Waals surface area contributed by atoms with Crippen LogP contribution in [0.5, 0.6) is 11.5 Å². The molecular weight excluding hydrogens is 527 g/mol. The number of hydrogen-bond donors (Lipinski definition) is 1. The van der Waals surface area contributed by atoms with Crippen molar-refractivity contribution in [2.24, 2.45) is 4.99 Å². The van der Waals surface area contributed by atoms with Crippen molar-refractivity contribution >= 4 is 47.2 Å². The third kappa shape index (κ3) is 5.08. The SMILES string of the molecule is CN=C(NCC(=O)N1CCc2sccc2C1)N1CCc2cc(OC)c(OC)cc2C1.I. The Morgan fingerprint density at radius 1 is 1.06 bits per heavy atom. The Balaban J connectivity index is 0.00000272. The third-order valence-electron chi connectivity index (χ3n) is 5.79. The van der Waals surface area contributed by atoms with Gasteiger partial charge in [-0.05, 0) is 53.1 Å². The molecule has 0 unspecified atom stereocenters. The van der Waals surface area contributed by atoms with Crippen molar-refractivity contribution < 1.29 is 14.3 Å². The number of thiophene rings is 1. The van der Waals surface area contributed by atoms with Gasteiger partial charge in [0.2, 0.25) is 5.91 Å². The first-order valence-corrected chi connectivity index (χ1v) is 11.0. The van der Waals surface area contributed by atoms with Gasteiger partial charge < -0.3 is 24.6 Å². The summed E-state index contributed by atoms with van der Waals surface area (Å²) in [6.07, 6.45) is 1.83. The molecule has 168 valence electrons. The third-order valence-corrected chi connectivity index (χ3v) is 6.81. The average molecular weight is 556 g/mol. The molecule has 31 heavy (non-hydrogen) atoms. The van der Waals surface area contributed by atoms with Crippen LogP contribution in [0.1, 0.15) is 21.6 Å². The lowest BCUT2D eigenvalue weighted by Gasteiger charge is -2.33. The van der Waals surface area contributed by atoms with Crippen LogP contribution in [0.25, 0.3) is 0 Å². The molecule has 1 aromatic heterocycles. The number of ether oxygens (including phenoxy) is 2. The number of methoxy groups -OCH3 is 2. The molecule has 2 aliphatic heterocycles. The second-order valence-electron chi connectivity index (χ2n) is 7.48. The lowest BCUT2D eigenvalue weighted by atomic mass is 9.99. The summed E-state index contributed by atoms with van der Waals surface area (Å²) < 4.78 is 10.9. The highest BCUT2D eigenvalue weighted by Gasteiger charge is 2.24. The van der Waals surface area contributed by atoms with Crippen LogP contribution in [-0.2, 0) is 30.7 Å². The van der Waals surface area contributed by atoms with Crippen molar-refractivity contribution in [3.05, 3.63) is 45.1 Å². The van der Waals surface area contributed by atoms with E-state index in [9.17, 15) is 4.79 Å². The Labute approximate surface area is 204 Å². The Morgan fingerprint density at radius 3 is 2.45 bits per heavy atom. The monoisotopic (exact) mass is 556 g/mol. The summed E-state index contributed by atoms with van der Waals surface area (Å²) in [7, 11) is 5.07. The van der Waals surface area contributed by atoms with Crippen LogP contribution in [0.3, 0.4) is 0 Å². The van der Waals surface area contributed by atoms with Gasteiger partial charge in [0.15, 0.2) is 17.5 Å². The van der Waals surface area contributed by atoms with Gasteiger partial charge in [0, 0.05) is 38.1 Å². The van der Waals surface area contributed by atoms with Gasteiger partial charge in [-0.25, -0.2) is 0 Å². The van der Waals surface area contributed by atoms with Gasteiger partial charge in [-0.3, -0.25) is 9.79 Å². The molecular formula is C22H29IN4O3S. The minimum Gasteiger partial charge on any atom is -0.493 e. The van der Waals surface area contributed by atoms with Crippen molar-refractivity contribution in [3.8, 4) is 11.5 Å². The summed E-state index contributed by atoms with van der Waals surface area (Å²) >= 11 is 1.78. The van der Waals surface area contributed by atoms with Gasteiger partial charge in [-0.15, -0.1) is 35.3 Å². The van der Waals surface area contributed by atoms with E-state index in [0.29, 0.717) is 13.1 Å². The molecule has 0 fully saturated rings. The maximum Gasteiger partial charge on any atom is 0.242 e. The summed E-state index contributed by atoms with van der Waals surface area (Å²) in [6, 6.07) is 6.21. The maximum absolute atomic E-state index is 12.7. The number of benzene rings is 1. The average Bonchev–Trinajstić information content (AvgIpc) is 3.26. The van der Waals surface area contributed by atoms with Gasteiger partial charge in [-0.1, -0.05) is 0 Å². The number of guanidine groups is 1. The number of aliphatic imine (C=N–C) groups is 1. The Morgan fingerprint density at radius 2 is 1.74 bits per heavy atom. The number of rotatable bonds is 4. The quantitative estimate of drug-likeness (QED) is 0.357. The van der Waals surface area contributed by atoms with Crippen LogP contribution in [0.4, 0.5) is 0 Å². The molecule has 3 heterocycles. The normalized spacial score (nSPS) is 15.5. The highest BCUT2D eigenvalue weighted by atomic mass is 127. The molecule has 7 nitrogen and oxygen atoms in total. The van der Waals surface area contributed by atoms with Crippen molar-refractivity contribution in [2.45, 2.75) is 25.9 Å². The van der Waals surface area contributed by atoms with Crippen LogP contribution in [0.15, 0.2) is 28.6 Å². The zero-order valence-electron chi connectivity index (χ0n) is 18.1. The predicted molar refractivity (Wildman–Crippen MR) is 134 cm³/mol. The molecule has 9 heteroatoms. The first-order chi connectivity index (χ1) is 14.6. The second kappa shape index (κ2) is 10.5. The van der Waals surface area contributed by atoms with E-state index in [1.807, 2.05) is 11.0 Å². The van der Waals surface area contributed by atoms with Crippen LogP contribution in [0, 0.1) is 0 Å². The molecule has 0 radical (unpaired) electrons. The first-order valence-electron chi connectivity index (χ1n) is 10.1. The van der Waals surface area contributed by atoms with Crippen molar-refractivity contribution in [2.75, 3.05) is 40.9 Å². The van der Waals surface area contributed by atoms with E-state index in [-0.39, 0.29) is 36.4 Å². The lowest BCUT2D eigenvalue weighted by molar-refractivity contribution is -0.130. The Bertz CT molecular complexity index is 962. The summed E-state index contributed by atoms with van der Waals surface area (Å²) in [4.78, 5) is 22.7. The highest BCUT2D eigenvalue weighted by molar-refractivity contribution is 14.0. The topological polar surface area (TPSA) is 66.4 Å². The van der Waals surface area contributed by atoms with E-state index in [1.54, 1.807) is 32.6 Å². The van der Waals surface area contributed by atoms with E-state index in [0.717, 1.165) is 43.4 Å². The number of fused-ring (bicyclic) bond motifs is 2. The van der Waals surface area contributed by atoms with Crippen LogP contribution < -0.4 is 14.8 Å². The molecule has 4 rings (SSSR count). The predicted octanol–water partition coefficient (Wildman–Crippen LogP) is 2.90. The fourth-order valence-corrected chi connectivity index (χ4v) is 5.01. The van der Waals surface area contributed by atoms with E-state index < -0.39 is 0 Å². The second-order valence-corrected chi connectivity index (χ2v) is 8.48. The number of nitrogens with zero attached hydrogens (tertiary/aromatic N) is 3. The molecule has 1 aromatic carbocycles. The summed E-state index contributed by atoms with van der Waals surface area (Å²) in [5.41, 5.74) is 3.73. The number of carbonyl (C=O) groups is 1. The van der Waals surface area contributed by atoms with E-state index in [2.05, 4.69) is 32.7 Å². The molecule has 0 spiro atoms. The molecule has 2 aliphatic rings. The molecule has 2 aromatic rings. The number of nitrogens with one attached hydrogen (secondary N) is 1. The van der Waals surface area contributed by atoms with E-state index in [4.69, 9.17) is 9.47 Å². The first kappa shape index (κ1) is 23.6. The summed E-state index contributed by atoms with van der Waals surface area (Å²) in [5, 5.41) is 5.38. The van der Waals surface area contributed by atoms with Gasteiger partial charge >= 0.3 is 0 Å². The van der Waals surface area contributed by atoms with Crippen LogP contribution in [0.2, 0.25) is 0 Å². The van der Waals surface area contributed by atoms with E-state index >= 15 is 0 Å². The largest absolute Gasteiger partial charge is 0.493 e. The number of carbonyl (C=O) groups excluding carboxylic acids is 1. The minimum atomic E-state index is 0. The lowest BCUT2D eigenvalue weighted by Crippen LogP contribution is -2.48. The maximum atomic E-state index is 12.7. The summed E-state index contributed by atoms with van der Waals surface area (Å²) in [6.45, 7) is 3.29. The highest BCUT2D eigenvalue weighted by Crippen LogP contribution is 2.33. The fourth-order valence-electron chi connectivity index (χ4n) is 4.12. The van der Waals surface area contributed by atoms with Crippen molar-refractivity contribution in [1.82, 2.24) is 15.1 Å². The smallest absolute Gasteiger partial charge is 0.242 e. The van der Waals surface area contributed by atoms with Gasteiger partial charge in [0.05, 0.1) is 20.8 Å². The zero-order valence-corrected chi connectivity index (χ0v) is 21.3. The van der Waals surface area contributed by atoms with Crippen LogP contribution >= 0.6 is 35.3 Å². The number of amides is 1. The molecule has 0 saturated carbocycles. The van der Waals surface area contributed by atoms with Crippen LogP contribution in [-0.4, -0.2) is 62.6 Å². The molecule has 0 bridgehead atoms. The van der Waals surface area contributed by atoms with Gasteiger partial charge in [-0.2, -0.15) is 0 Å². The van der Waals surface area contributed by atoms with Gasteiger partial charge in [0.1, 0.15) is 0 Å². The zero-order chi connectivity index (χ0) is 21.1. The standard InChI is InChI=1S/C22H28N4O3S.HI/c1-23-22(24-12-21(27)25-8-5-20-16(13-25)6-9-30-20)26-7-4-15-10-18(28-2)19(29-3)11-17(15)14-26;/h6,9-11H,4-5,7-8,12-14H2,1-3H3,(H,23,24);1H. The molecule has 0 aliphatic carbocycles. The number of hydrogen-bond acceptors (Lipinski definition) is 5. The summed E-state index contributed by atoms with van der Waals surface area (Å²) in [5.74, 6) is 2.34.